The van der Waals surface area contributed by atoms with Gasteiger partial charge >= 0.3 is 0 Å². The summed E-state index contributed by atoms with van der Waals surface area (Å²) >= 11 is 0. The van der Waals surface area contributed by atoms with Crippen LogP contribution in [0.25, 0.3) is 0 Å². The second kappa shape index (κ2) is 9.89. The monoisotopic (exact) mass is 383 g/mol. The van der Waals surface area contributed by atoms with Crippen LogP contribution in [0.2, 0.25) is 0 Å². The molecule has 0 saturated carbocycles. The fourth-order valence-corrected chi connectivity index (χ4v) is 3.94. The molecule has 1 aliphatic heterocycles. The zero-order chi connectivity index (χ0) is 19.0. The van der Waals surface area contributed by atoms with E-state index >= 15 is 0 Å². The summed E-state index contributed by atoms with van der Waals surface area (Å²) in [6.45, 7) is 4.01. The molecule has 1 amide bonds. The summed E-state index contributed by atoms with van der Waals surface area (Å²) in [6.07, 6.45) is 2.02. The molecule has 1 saturated heterocycles. The summed E-state index contributed by atoms with van der Waals surface area (Å²) in [4.78, 5) is 16.6. The van der Waals surface area contributed by atoms with Gasteiger partial charge in [-0.15, -0.1) is 0 Å². The van der Waals surface area contributed by atoms with E-state index in [0.717, 1.165) is 13.1 Å². The smallest absolute Gasteiger partial charge is 0.224 e. The number of rotatable bonds is 9. The van der Waals surface area contributed by atoms with Crippen molar-refractivity contribution >= 4 is 21.6 Å². The van der Waals surface area contributed by atoms with Crippen molar-refractivity contribution in [3.05, 3.63) is 30.3 Å². The van der Waals surface area contributed by atoms with Crippen molar-refractivity contribution in [2.75, 3.05) is 64.1 Å². The van der Waals surface area contributed by atoms with E-state index in [1.165, 1.54) is 16.2 Å². The van der Waals surface area contributed by atoms with Gasteiger partial charge in [-0.05, 0) is 18.6 Å². The number of nitrogens with zero attached hydrogens (tertiary/aromatic N) is 3. The SMILES string of the molecule is COCCCN(CCC(=O)N1CCN(c2ccccc2)CC1)S(C)(=O)=O. The molecule has 26 heavy (non-hydrogen) atoms. The molecular formula is C18H29N3O4S. The summed E-state index contributed by atoms with van der Waals surface area (Å²) in [6, 6.07) is 10.2. The van der Waals surface area contributed by atoms with Crippen LogP contribution >= 0.6 is 0 Å². The average Bonchev–Trinajstić information content (AvgIpc) is 2.64. The van der Waals surface area contributed by atoms with Crippen molar-refractivity contribution in [3.8, 4) is 0 Å². The van der Waals surface area contributed by atoms with Crippen LogP contribution in [0, 0.1) is 0 Å². The molecule has 0 radical (unpaired) electrons. The second-order valence-electron chi connectivity index (χ2n) is 6.46. The van der Waals surface area contributed by atoms with Crippen LogP contribution in [0.1, 0.15) is 12.8 Å². The number of carbonyl (C=O) groups excluding carboxylic acids is 1. The van der Waals surface area contributed by atoms with E-state index in [-0.39, 0.29) is 18.9 Å². The molecule has 1 aromatic carbocycles. The number of hydrogen-bond donors (Lipinski definition) is 0. The first kappa shape index (κ1) is 20.7. The summed E-state index contributed by atoms with van der Waals surface area (Å²) < 4.78 is 30.1. The van der Waals surface area contributed by atoms with Crippen molar-refractivity contribution in [2.24, 2.45) is 0 Å². The first-order valence-electron chi connectivity index (χ1n) is 8.93. The van der Waals surface area contributed by atoms with Crippen molar-refractivity contribution < 1.29 is 17.9 Å². The number of anilines is 1. The Hall–Kier alpha value is -1.64. The molecule has 0 bridgehead atoms. The summed E-state index contributed by atoms with van der Waals surface area (Å²) in [7, 11) is -1.73. The number of carbonyl (C=O) groups is 1. The minimum absolute atomic E-state index is 0.0121. The number of methoxy groups -OCH3 is 1. The molecule has 0 spiro atoms. The molecular weight excluding hydrogens is 354 g/mol. The molecule has 8 heteroatoms. The van der Waals surface area contributed by atoms with Gasteiger partial charge in [0.05, 0.1) is 6.26 Å². The summed E-state index contributed by atoms with van der Waals surface area (Å²) in [5.41, 5.74) is 1.17. The number of piperazine rings is 1. The minimum Gasteiger partial charge on any atom is -0.385 e. The van der Waals surface area contributed by atoms with Gasteiger partial charge in [0.15, 0.2) is 0 Å². The van der Waals surface area contributed by atoms with Gasteiger partial charge in [0.25, 0.3) is 0 Å². The second-order valence-corrected chi connectivity index (χ2v) is 8.44. The molecule has 0 atom stereocenters. The van der Waals surface area contributed by atoms with Crippen molar-refractivity contribution in [1.82, 2.24) is 9.21 Å². The standard InChI is InChI=1S/C18H29N3O4S/c1-25-16-6-10-21(26(2,23)24)11-9-18(22)20-14-12-19(13-15-20)17-7-4-3-5-8-17/h3-5,7-8H,6,9-16H2,1-2H3. The van der Waals surface area contributed by atoms with Crippen molar-refractivity contribution in [3.63, 3.8) is 0 Å². The number of amides is 1. The Morgan fingerprint density at radius 3 is 2.35 bits per heavy atom. The van der Waals surface area contributed by atoms with Gasteiger partial charge in [-0.3, -0.25) is 4.79 Å². The van der Waals surface area contributed by atoms with Gasteiger partial charge in [0, 0.05) is 65.1 Å². The Morgan fingerprint density at radius 2 is 1.77 bits per heavy atom. The summed E-state index contributed by atoms with van der Waals surface area (Å²) in [5.74, 6) is 0.0121. The van der Waals surface area contributed by atoms with E-state index < -0.39 is 10.0 Å². The highest BCUT2D eigenvalue weighted by Crippen LogP contribution is 2.16. The molecule has 1 aliphatic rings. The molecule has 146 valence electrons. The molecule has 2 rings (SSSR count). The van der Waals surface area contributed by atoms with Crippen LogP contribution in [0.15, 0.2) is 30.3 Å². The van der Waals surface area contributed by atoms with Crippen LogP contribution in [-0.4, -0.2) is 82.8 Å². The number of benzene rings is 1. The first-order chi connectivity index (χ1) is 12.4. The fraction of sp³-hybridized carbons (Fsp3) is 0.611. The Kier molecular flexibility index (Phi) is 7.86. The van der Waals surface area contributed by atoms with Crippen LogP contribution in [0.4, 0.5) is 5.69 Å². The zero-order valence-corrected chi connectivity index (χ0v) is 16.5. The molecule has 0 unspecified atom stereocenters. The molecule has 1 fully saturated rings. The van der Waals surface area contributed by atoms with E-state index in [4.69, 9.17) is 4.74 Å². The molecule has 1 heterocycles. The van der Waals surface area contributed by atoms with Gasteiger partial charge in [0.1, 0.15) is 0 Å². The Morgan fingerprint density at radius 1 is 1.12 bits per heavy atom. The number of sulfonamides is 1. The fourth-order valence-electron chi connectivity index (χ4n) is 3.06. The first-order valence-corrected chi connectivity index (χ1v) is 10.8. The highest BCUT2D eigenvalue weighted by molar-refractivity contribution is 7.88. The Balaban J connectivity index is 1.80. The van der Waals surface area contributed by atoms with Crippen LogP contribution < -0.4 is 4.90 Å². The highest BCUT2D eigenvalue weighted by atomic mass is 32.2. The lowest BCUT2D eigenvalue weighted by Crippen LogP contribution is -2.49. The van der Waals surface area contributed by atoms with Gasteiger partial charge in [-0.25, -0.2) is 12.7 Å². The normalized spacial score (nSPS) is 15.5. The van der Waals surface area contributed by atoms with Crippen LogP contribution in [-0.2, 0) is 19.6 Å². The predicted octanol–water partition coefficient (Wildman–Crippen LogP) is 1.02. The van der Waals surface area contributed by atoms with Crippen molar-refractivity contribution in [1.29, 1.82) is 0 Å². The lowest BCUT2D eigenvalue weighted by molar-refractivity contribution is -0.131. The molecule has 0 aromatic heterocycles. The van der Waals surface area contributed by atoms with Crippen LogP contribution in [0.3, 0.4) is 0 Å². The number of hydrogen-bond acceptors (Lipinski definition) is 5. The van der Waals surface area contributed by atoms with E-state index in [0.29, 0.717) is 32.7 Å². The maximum Gasteiger partial charge on any atom is 0.224 e. The Labute approximate surface area is 156 Å². The largest absolute Gasteiger partial charge is 0.385 e. The molecule has 0 N–H and O–H groups in total. The third-order valence-electron chi connectivity index (χ3n) is 4.55. The number of ether oxygens (including phenoxy) is 1. The highest BCUT2D eigenvalue weighted by Gasteiger charge is 2.23. The summed E-state index contributed by atoms with van der Waals surface area (Å²) in [5, 5.41) is 0. The molecule has 0 aliphatic carbocycles. The quantitative estimate of drug-likeness (QED) is 0.596. The molecule has 1 aromatic rings. The van der Waals surface area contributed by atoms with Crippen molar-refractivity contribution in [2.45, 2.75) is 12.8 Å². The lowest BCUT2D eigenvalue weighted by Gasteiger charge is -2.36. The maximum absolute atomic E-state index is 12.5. The van der Waals surface area contributed by atoms with Gasteiger partial charge < -0.3 is 14.5 Å². The van der Waals surface area contributed by atoms with E-state index in [2.05, 4.69) is 17.0 Å². The van der Waals surface area contributed by atoms with E-state index in [1.54, 1.807) is 7.11 Å². The van der Waals surface area contributed by atoms with Gasteiger partial charge in [-0.2, -0.15) is 0 Å². The molecule has 7 nitrogen and oxygen atoms in total. The topological polar surface area (TPSA) is 70.2 Å². The Bertz CT molecular complexity index is 658. The van der Waals surface area contributed by atoms with E-state index in [1.807, 2.05) is 23.1 Å². The number of para-hydroxylation sites is 1. The predicted molar refractivity (Wildman–Crippen MR) is 103 cm³/mol. The average molecular weight is 384 g/mol. The minimum atomic E-state index is -3.32. The lowest BCUT2D eigenvalue weighted by atomic mass is 10.2. The maximum atomic E-state index is 12.5. The third kappa shape index (κ3) is 6.26. The van der Waals surface area contributed by atoms with Gasteiger partial charge in [0.2, 0.25) is 15.9 Å². The third-order valence-corrected chi connectivity index (χ3v) is 5.86. The van der Waals surface area contributed by atoms with E-state index in [9.17, 15) is 13.2 Å². The zero-order valence-electron chi connectivity index (χ0n) is 15.6. The van der Waals surface area contributed by atoms with Gasteiger partial charge in [-0.1, -0.05) is 18.2 Å². The van der Waals surface area contributed by atoms with Crippen LogP contribution in [0.5, 0.6) is 0 Å².